The van der Waals surface area contributed by atoms with Gasteiger partial charge >= 0.3 is 0 Å². The monoisotopic (exact) mass is 253 g/mol. The van der Waals surface area contributed by atoms with E-state index in [0.29, 0.717) is 16.9 Å². The zero-order valence-electron chi connectivity index (χ0n) is 13.3. The molecule has 1 spiro atoms. The van der Waals surface area contributed by atoms with E-state index in [0.717, 1.165) is 19.3 Å². The van der Waals surface area contributed by atoms with Crippen LogP contribution in [0.25, 0.3) is 0 Å². The van der Waals surface area contributed by atoms with Gasteiger partial charge in [0.2, 0.25) is 0 Å². The first-order valence-electron chi connectivity index (χ1n) is 7.41. The molecule has 1 aliphatic heterocycles. The van der Waals surface area contributed by atoms with Crippen LogP contribution in [-0.4, -0.2) is 17.4 Å². The van der Waals surface area contributed by atoms with E-state index in [9.17, 15) is 0 Å². The minimum atomic E-state index is -0.119. The lowest BCUT2D eigenvalue weighted by atomic mass is 9.61. The summed E-state index contributed by atoms with van der Waals surface area (Å²) in [6.45, 7) is 16.3. The Kier molecular flexibility index (Phi) is 3.15. The van der Waals surface area contributed by atoms with Crippen LogP contribution in [0.3, 0.4) is 0 Å². The van der Waals surface area contributed by atoms with Gasteiger partial charge in [0.05, 0.1) is 5.60 Å². The third-order valence-corrected chi connectivity index (χ3v) is 4.26. The molecule has 1 heterocycles. The zero-order chi connectivity index (χ0) is 13.8. The maximum atomic E-state index is 6.53. The fourth-order valence-corrected chi connectivity index (χ4v) is 5.04. The number of rotatable bonds is 0. The first-order chi connectivity index (χ1) is 7.93. The van der Waals surface area contributed by atoms with Gasteiger partial charge in [-0.2, -0.15) is 0 Å². The van der Waals surface area contributed by atoms with Crippen molar-refractivity contribution in [1.82, 2.24) is 5.32 Å². The van der Waals surface area contributed by atoms with Crippen LogP contribution in [0.1, 0.15) is 74.1 Å². The molecule has 1 saturated carbocycles. The topological polar surface area (TPSA) is 21.3 Å². The molecule has 1 saturated heterocycles. The van der Waals surface area contributed by atoms with Gasteiger partial charge in [-0.25, -0.2) is 0 Å². The molecule has 1 aliphatic carbocycles. The average molecular weight is 253 g/mol. The Morgan fingerprint density at radius 1 is 0.889 bits per heavy atom. The van der Waals surface area contributed by atoms with Crippen LogP contribution >= 0.6 is 0 Å². The highest BCUT2D eigenvalue weighted by molar-refractivity contribution is 5.02. The smallest absolute Gasteiger partial charge is 0.121 e. The summed E-state index contributed by atoms with van der Waals surface area (Å²) in [7, 11) is 0. The molecule has 1 atom stereocenters. The molecule has 1 unspecified atom stereocenters. The minimum Gasteiger partial charge on any atom is -0.355 e. The minimum absolute atomic E-state index is 0.00579. The predicted octanol–water partition coefficient (Wildman–Crippen LogP) is 4.10. The normalized spacial score (nSPS) is 36.5. The van der Waals surface area contributed by atoms with Crippen molar-refractivity contribution in [2.24, 2.45) is 10.8 Å². The summed E-state index contributed by atoms with van der Waals surface area (Å²) < 4.78 is 6.53. The van der Waals surface area contributed by atoms with Crippen LogP contribution in [-0.2, 0) is 4.74 Å². The van der Waals surface area contributed by atoms with Crippen LogP contribution in [0.5, 0.6) is 0 Å². The van der Waals surface area contributed by atoms with E-state index < -0.39 is 0 Å². The molecule has 0 radical (unpaired) electrons. The molecule has 0 aromatic rings. The number of hydrogen-bond acceptors (Lipinski definition) is 2. The van der Waals surface area contributed by atoms with Gasteiger partial charge < -0.3 is 4.74 Å². The third kappa shape index (κ3) is 3.08. The summed E-state index contributed by atoms with van der Waals surface area (Å²) >= 11 is 0. The van der Waals surface area contributed by atoms with Crippen LogP contribution in [0.4, 0.5) is 0 Å². The second-order valence-electron chi connectivity index (χ2n) is 8.96. The molecule has 2 rings (SSSR count). The molecular formula is C16H31NO. The van der Waals surface area contributed by atoms with E-state index >= 15 is 0 Å². The first kappa shape index (κ1) is 14.3. The van der Waals surface area contributed by atoms with Gasteiger partial charge in [0.1, 0.15) is 5.72 Å². The number of ether oxygens (including phenoxy) is 1. The summed E-state index contributed by atoms with van der Waals surface area (Å²) in [5.41, 5.74) is 0.574. The van der Waals surface area contributed by atoms with Gasteiger partial charge in [-0.1, -0.05) is 27.7 Å². The number of hydrogen-bond donors (Lipinski definition) is 1. The second-order valence-corrected chi connectivity index (χ2v) is 8.96. The van der Waals surface area contributed by atoms with Gasteiger partial charge in [0, 0.05) is 6.04 Å². The highest BCUT2D eigenvalue weighted by Gasteiger charge is 2.52. The van der Waals surface area contributed by atoms with Crippen molar-refractivity contribution in [2.75, 3.05) is 0 Å². The van der Waals surface area contributed by atoms with Crippen LogP contribution in [0.2, 0.25) is 0 Å². The number of nitrogens with one attached hydrogen (secondary N) is 1. The largest absolute Gasteiger partial charge is 0.355 e. The zero-order valence-corrected chi connectivity index (χ0v) is 13.3. The lowest BCUT2D eigenvalue weighted by Crippen LogP contribution is -2.65. The molecule has 0 bridgehead atoms. The van der Waals surface area contributed by atoms with Crippen molar-refractivity contribution in [1.29, 1.82) is 0 Å². The van der Waals surface area contributed by atoms with E-state index in [2.05, 4.69) is 53.8 Å². The summed E-state index contributed by atoms with van der Waals surface area (Å²) in [5, 5.41) is 3.78. The fourth-order valence-electron chi connectivity index (χ4n) is 5.04. The second kappa shape index (κ2) is 3.96. The fraction of sp³-hybridized carbons (Fsp3) is 1.00. The van der Waals surface area contributed by atoms with Gasteiger partial charge in [0.15, 0.2) is 0 Å². The van der Waals surface area contributed by atoms with Gasteiger partial charge in [-0.05, 0) is 57.3 Å². The van der Waals surface area contributed by atoms with Gasteiger partial charge in [-0.15, -0.1) is 0 Å². The molecule has 0 aromatic heterocycles. The van der Waals surface area contributed by atoms with E-state index in [4.69, 9.17) is 4.74 Å². The Morgan fingerprint density at radius 3 is 1.83 bits per heavy atom. The maximum absolute atomic E-state index is 6.53. The molecule has 18 heavy (non-hydrogen) atoms. The first-order valence-corrected chi connectivity index (χ1v) is 7.41. The van der Waals surface area contributed by atoms with E-state index in [1.807, 2.05) is 0 Å². The van der Waals surface area contributed by atoms with Gasteiger partial charge in [-0.3, -0.25) is 5.32 Å². The Balaban J connectivity index is 2.29. The van der Waals surface area contributed by atoms with E-state index in [1.54, 1.807) is 0 Å². The van der Waals surface area contributed by atoms with Crippen LogP contribution < -0.4 is 5.32 Å². The van der Waals surface area contributed by atoms with Crippen molar-refractivity contribution in [2.45, 2.75) is 91.5 Å². The maximum Gasteiger partial charge on any atom is 0.121 e. The van der Waals surface area contributed by atoms with Crippen molar-refractivity contribution in [3.8, 4) is 0 Å². The van der Waals surface area contributed by atoms with Crippen LogP contribution in [0, 0.1) is 10.8 Å². The Labute approximate surface area is 113 Å². The molecule has 2 fully saturated rings. The van der Waals surface area contributed by atoms with Crippen LogP contribution in [0.15, 0.2) is 0 Å². The Bertz CT molecular complexity index is 308. The molecule has 0 amide bonds. The molecule has 2 aliphatic rings. The highest BCUT2D eigenvalue weighted by atomic mass is 16.5. The molecule has 0 aromatic carbocycles. The van der Waals surface area contributed by atoms with Crippen molar-refractivity contribution in [3.63, 3.8) is 0 Å². The van der Waals surface area contributed by atoms with E-state index in [-0.39, 0.29) is 11.3 Å². The molecule has 1 N–H and O–H groups in total. The molecule has 2 nitrogen and oxygen atoms in total. The van der Waals surface area contributed by atoms with Gasteiger partial charge in [0.25, 0.3) is 0 Å². The highest BCUT2D eigenvalue weighted by Crippen LogP contribution is 2.52. The Morgan fingerprint density at radius 2 is 1.39 bits per heavy atom. The predicted molar refractivity (Wildman–Crippen MR) is 76.5 cm³/mol. The summed E-state index contributed by atoms with van der Waals surface area (Å²) in [6, 6.07) is 0.540. The quantitative estimate of drug-likeness (QED) is 0.702. The van der Waals surface area contributed by atoms with E-state index in [1.165, 1.54) is 6.42 Å². The standard InChI is InChI=1S/C16H31NO/c1-12-8-15(6,7)18-16(17-12)10-13(2,3)9-14(4,5)11-16/h12,17H,8-11H2,1-7H3. The average Bonchev–Trinajstić information content (AvgIpc) is 1.87. The van der Waals surface area contributed by atoms with Crippen molar-refractivity contribution >= 4 is 0 Å². The lowest BCUT2D eigenvalue weighted by molar-refractivity contribution is -0.238. The summed E-state index contributed by atoms with van der Waals surface area (Å²) in [6.07, 6.45) is 4.62. The summed E-state index contributed by atoms with van der Waals surface area (Å²) in [4.78, 5) is 0. The molecule has 2 heteroatoms. The lowest BCUT2D eigenvalue weighted by Gasteiger charge is -2.57. The molecular weight excluding hydrogens is 222 g/mol. The SMILES string of the molecule is CC1CC(C)(C)OC2(CC(C)(C)CC(C)(C)C2)N1. The third-order valence-electron chi connectivity index (χ3n) is 4.26. The molecule has 106 valence electrons. The van der Waals surface area contributed by atoms with Crippen molar-refractivity contribution in [3.05, 3.63) is 0 Å². The summed E-state index contributed by atoms with van der Waals surface area (Å²) in [5.74, 6) is 0. The Hall–Kier alpha value is -0.0800. The van der Waals surface area contributed by atoms with Crippen molar-refractivity contribution < 1.29 is 4.74 Å².